The maximum Gasteiger partial charge on any atom is 0.156 e. The minimum Gasteiger partial charge on any atom is -0.297 e. The number of likely N-dealkylation sites (N-methyl/N-ethyl adjacent to an activating group) is 1. The molecule has 19 heavy (non-hydrogen) atoms. The molecule has 1 rings (SSSR count). The molecule has 106 valence electrons. The van der Waals surface area contributed by atoms with E-state index in [1.807, 2.05) is 32.6 Å². The van der Waals surface area contributed by atoms with Crippen LogP contribution in [-0.4, -0.2) is 29.3 Å². The highest BCUT2D eigenvalue weighted by Gasteiger charge is 2.32. The van der Waals surface area contributed by atoms with Crippen LogP contribution in [0.5, 0.6) is 0 Å². The smallest absolute Gasteiger partial charge is 0.156 e. The first-order chi connectivity index (χ1) is 8.82. The molecule has 0 saturated carbocycles. The van der Waals surface area contributed by atoms with E-state index in [0.29, 0.717) is 0 Å². The molecule has 0 amide bonds. The summed E-state index contributed by atoms with van der Waals surface area (Å²) in [7, 11) is 0. The molecule has 0 heterocycles. The largest absolute Gasteiger partial charge is 0.297 e. The molecule has 0 aliphatic rings. The Morgan fingerprint density at radius 1 is 1.21 bits per heavy atom. The molecule has 0 atom stereocenters. The van der Waals surface area contributed by atoms with Crippen molar-refractivity contribution in [2.45, 2.75) is 39.7 Å². The van der Waals surface area contributed by atoms with E-state index < -0.39 is 17.2 Å². The van der Waals surface area contributed by atoms with Crippen molar-refractivity contribution < 1.29 is 13.6 Å². The molecule has 4 heteroatoms. The van der Waals surface area contributed by atoms with Gasteiger partial charge in [-0.3, -0.25) is 9.69 Å². The average molecular weight is 269 g/mol. The summed E-state index contributed by atoms with van der Waals surface area (Å²) in [4.78, 5) is 14.3. The summed E-state index contributed by atoms with van der Waals surface area (Å²) < 4.78 is 26.6. The number of hydrogen-bond donors (Lipinski definition) is 0. The van der Waals surface area contributed by atoms with Crippen molar-refractivity contribution in [3.63, 3.8) is 0 Å². The first kappa shape index (κ1) is 15.8. The van der Waals surface area contributed by atoms with Gasteiger partial charge in [0.1, 0.15) is 11.6 Å². The first-order valence-electron chi connectivity index (χ1n) is 6.55. The number of carbonyl (C=O) groups excluding carboxylic acids is 1. The topological polar surface area (TPSA) is 20.3 Å². The summed E-state index contributed by atoms with van der Waals surface area (Å²) in [5.74, 6) is -1.17. The monoisotopic (exact) mass is 269 g/mol. The quantitative estimate of drug-likeness (QED) is 0.790. The molecule has 0 aromatic heterocycles. The third-order valence-corrected chi connectivity index (χ3v) is 3.60. The van der Waals surface area contributed by atoms with Gasteiger partial charge in [-0.15, -0.1) is 0 Å². The number of nitrogens with zero attached hydrogens (tertiary/aromatic N) is 1. The third kappa shape index (κ3) is 3.60. The Balaban J connectivity index is 2.92. The van der Waals surface area contributed by atoms with Crippen LogP contribution in [-0.2, 0) is 11.2 Å². The molecule has 0 bridgehead atoms. The van der Waals surface area contributed by atoms with E-state index in [-0.39, 0.29) is 17.8 Å². The fraction of sp³-hybridized carbons (Fsp3) is 0.533. The van der Waals surface area contributed by atoms with E-state index in [1.54, 1.807) is 0 Å². The Morgan fingerprint density at radius 2 is 1.79 bits per heavy atom. The van der Waals surface area contributed by atoms with Crippen molar-refractivity contribution in [3.8, 4) is 0 Å². The van der Waals surface area contributed by atoms with Gasteiger partial charge < -0.3 is 0 Å². The van der Waals surface area contributed by atoms with Gasteiger partial charge in [-0.25, -0.2) is 8.78 Å². The van der Waals surface area contributed by atoms with Crippen molar-refractivity contribution in [3.05, 3.63) is 35.4 Å². The minimum atomic E-state index is -0.678. The standard InChI is InChI=1S/C15H21F2NO/c1-5-18(6-2)15(3,4)14(19)10-11-9-12(16)7-8-13(11)17/h7-9H,5-6,10H2,1-4H3. The van der Waals surface area contributed by atoms with Crippen LogP contribution < -0.4 is 0 Å². The van der Waals surface area contributed by atoms with Crippen molar-refractivity contribution in [2.75, 3.05) is 13.1 Å². The van der Waals surface area contributed by atoms with Crippen LogP contribution in [0.25, 0.3) is 0 Å². The van der Waals surface area contributed by atoms with Crippen LogP contribution in [0.2, 0.25) is 0 Å². The number of carbonyl (C=O) groups is 1. The Morgan fingerprint density at radius 3 is 2.32 bits per heavy atom. The number of hydrogen-bond acceptors (Lipinski definition) is 2. The molecule has 1 aromatic rings. The zero-order valence-corrected chi connectivity index (χ0v) is 12.0. The second kappa shape index (κ2) is 6.24. The van der Waals surface area contributed by atoms with E-state index in [2.05, 4.69) is 0 Å². The molecule has 0 fully saturated rings. The predicted molar refractivity (Wildman–Crippen MR) is 72.1 cm³/mol. The number of ketones is 1. The number of rotatable bonds is 6. The first-order valence-corrected chi connectivity index (χ1v) is 6.55. The molecular formula is C15H21F2NO. The summed E-state index contributed by atoms with van der Waals surface area (Å²) in [6.45, 7) is 9.06. The summed E-state index contributed by atoms with van der Waals surface area (Å²) in [5, 5.41) is 0. The van der Waals surface area contributed by atoms with E-state index in [4.69, 9.17) is 0 Å². The van der Waals surface area contributed by atoms with E-state index >= 15 is 0 Å². The second-order valence-corrected chi connectivity index (χ2v) is 5.07. The van der Waals surface area contributed by atoms with Gasteiger partial charge in [0.05, 0.1) is 5.54 Å². The van der Waals surface area contributed by atoms with Crippen LogP contribution in [0.4, 0.5) is 8.78 Å². The molecular weight excluding hydrogens is 248 g/mol. The fourth-order valence-electron chi connectivity index (χ4n) is 2.26. The lowest BCUT2D eigenvalue weighted by atomic mass is 9.91. The zero-order valence-electron chi connectivity index (χ0n) is 12.0. The SMILES string of the molecule is CCN(CC)C(C)(C)C(=O)Cc1cc(F)ccc1F. The summed E-state index contributed by atoms with van der Waals surface area (Å²) in [5.41, 5.74) is -0.562. The number of halogens is 2. The maximum atomic E-state index is 13.6. The van der Waals surface area contributed by atoms with Crippen molar-refractivity contribution in [1.82, 2.24) is 4.90 Å². The second-order valence-electron chi connectivity index (χ2n) is 5.07. The molecule has 0 unspecified atom stereocenters. The molecule has 1 aromatic carbocycles. The van der Waals surface area contributed by atoms with E-state index in [0.717, 1.165) is 31.3 Å². The van der Waals surface area contributed by atoms with Gasteiger partial charge in [0.25, 0.3) is 0 Å². The molecule has 0 N–H and O–H groups in total. The number of benzene rings is 1. The van der Waals surface area contributed by atoms with Crippen molar-refractivity contribution in [2.24, 2.45) is 0 Å². The summed E-state index contributed by atoms with van der Waals surface area (Å²) >= 11 is 0. The van der Waals surface area contributed by atoms with Crippen LogP contribution in [0.15, 0.2) is 18.2 Å². The van der Waals surface area contributed by atoms with Crippen LogP contribution in [0, 0.1) is 11.6 Å². The minimum absolute atomic E-state index is 0.0902. The molecule has 0 aliphatic carbocycles. The van der Waals surface area contributed by atoms with Gasteiger partial charge in [0.2, 0.25) is 0 Å². The van der Waals surface area contributed by atoms with Gasteiger partial charge >= 0.3 is 0 Å². The highest BCUT2D eigenvalue weighted by Crippen LogP contribution is 2.19. The maximum absolute atomic E-state index is 13.6. The zero-order chi connectivity index (χ0) is 14.6. The fourth-order valence-corrected chi connectivity index (χ4v) is 2.26. The molecule has 0 spiro atoms. The lowest BCUT2D eigenvalue weighted by Crippen LogP contribution is -2.50. The Bertz CT molecular complexity index is 453. The lowest BCUT2D eigenvalue weighted by molar-refractivity contribution is -0.128. The van der Waals surface area contributed by atoms with Crippen LogP contribution in [0.3, 0.4) is 0 Å². The van der Waals surface area contributed by atoms with Gasteiger partial charge in [0, 0.05) is 6.42 Å². The van der Waals surface area contributed by atoms with Crippen molar-refractivity contribution in [1.29, 1.82) is 0 Å². The Labute approximate surface area is 113 Å². The molecule has 0 radical (unpaired) electrons. The molecule has 0 aliphatic heterocycles. The summed E-state index contributed by atoms with van der Waals surface area (Å²) in [6.07, 6.45) is -0.0902. The summed E-state index contributed by atoms with van der Waals surface area (Å²) in [6, 6.07) is 3.20. The van der Waals surface area contributed by atoms with Gasteiger partial charge in [-0.1, -0.05) is 13.8 Å². The van der Waals surface area contributed by atoms with Crippen LogP contribution >= 0.6 is 0 Å². The van der Waals surface area contributed by atoms with Gasteiger partial charge in [-0.05, 0) is 50.7 Å². The van der Waals surface area contributed by atoms with E-state index in [1.165, 1.54) is 0 Å². The Kier molecular flexibility index (Phi) is 5.18. The van der Waals surface area contributed by atoms with Crippen LogP contribution in [0.1, 0.15) is 33.3 Å². The van der Waals surface area contributed by atoms with Gasteiger partial charge in [-0.2, -0.15) is 0 Å². The Hall–Kier alpha value is -1.29. The normalized spacial score (nSPS) is 11.9. The van der Waals surface area contributed by atoms with Crippen molar-refractivity contribution >= 4 is 5.78 Å². The predicted octanol–water partition coefficient (Wildman–Crippen LogP) is 3.20. The average Bonchev–Trinajstić information content (AvgIpc) is 2.35. The highest BCUT2D eigenvalue weighted by molar-refractivity contribution is 5.89. The molecule has 0 saturated heterocycles. The molecule has 2 nitrogen and oxygen atoms in total. The number of Topliss-reactive ketones (excluding diaryl/α,β-unsaturated/α-hetero) is 1. The van der Waals surface area contributed by atoms with E-state index in [9.17, 15) is 13.6 Å². The lowest BCUT2D eigenvalue weighted by Gasteiger charge is -2.35. The third-order valence-electron chi connectivity index (χ3n) is 3.60. The highest BCUT2D eigenvalue weighted by atomic mass is 19.1. The van der Waals surface area contributed by atoms with Gasteiger partial charge in [0.15, 0.2) is 5.78 Å².